The van der Waals surface area contributed by atoms with E-state index in [0.29, 0.717) is 6.04 Å². The summed E-state index contributed by atoms with van der Waals surface area (Å²) in [6, 6.07) is 6.66. The molecule has 1 heterocycles. The van der Waals surface area contributed by atoms with Crippen LogP contribution in [0, 0.1) is 0 Å². The highest BCUT2D eigenvalue weighted by molar-refractivity contribution is 9.10. The fraction of sp³-hybridized carbons (Fsp3) is 0.571. The first-order valence-electron chi connectivity index (χ1n) is 6.55. The monoisotopic (exact) mass is 330 g/mol. The summed E-state index contributed by atoms with van der Waals surface area (Å²) in [6.45, 7) is 6.65. The second-order valence-electron chi connectivity index (χ2n) is 4.96. The fourth-order valence-electron chi connectivity index (χ4n) is 2.39. The average molecular weight is 332 g/mol. The van der Waals surface area contributed by atoms with Crippen molar-refractivity contribution in [2.75, 3.05) is 19.6 Å². The number of benzene rings is 1. The van der Waals surface area contributed by atoms with E-state index in [1.807, 2.05) is 12.1 Å². The normalized spacial score (nSPS) is 18.2. The minimum Gasteiger partial charge on any atom is -0.311 e. The first-order valence-corrected chi connectivity index (χ1v) is 7.72. The second kappa shape index (κ2) is 6.90. The number of hydrogen-bond donors (Lipinski definition) is 1. The van der Waals surface area contributed by atoms with E-state index in [1.54, 1.807) is 0 Å². The number of likely N-dealkylation sites (tertiary alicyclic amines) is 1. The maximum Gasteiger partial charge on any atom is 0.0462 e. The van der Waals surface area contributed by atoms with Crippen molar-refractivity contribution in [3.63, 3.8) is 0 Å². The van der Waals surface area contributed by atoms with E-state index in [9.17, 15) is 0 Å². The van der Waals surface area contributed by atoms with Gasteiger partial charge in [-0.1, -0.05) is 33.6 Å². The summed E-state index contributed by atoms with van der Waals surface area (Å²) in [6.07, 6.45) is 2.70. The third-order valence-electron chi connectivity index (χ3n) is 3.53. The Labute approximate surface area is 123 Å². The van der Waals surface area contributed by atoms with Gasteiger partial charge in [0.05, 0.1) is 0 Å². The Balaban J connectivity index is 1.77. The molecule has 0 spiro atoms. The zero-order valence-corrected chi connectivity index (χ0v) is 13.1. The average Bonchev–Trinajstić information content (AvgIpc) is 2.85. The van der Waals surface area contributed by atoms with E-state index in [2.05, 4.69) is 39.1 Å². The largest absolute Gasteiger partial charge is 0.311 e. The molecule has 2 rings (SSSR count). The molecule has 1 aliphatic rings. The summed E-state index contributed by atoms with van der Waals surface area (Å²) in [5.74, 6) is 0. The molecule has 1 unspecified atom stereocenters. The molecule has 2 nitrogen and oxygen atoms in total. The van der Waals surface area contributed by atoms with Crippen molar-refractivity contribution in [3.05, 3.63) is 33.3 Å². The van der Waals surface area contributed by atoms with Gasteiger partial charge < -0.3 is 5.32 Å². The van der Waals surface area contributed by atoms with E-state index >= 15 is 0 Å². The second-order valence-corrected chi connectivity index (χ2v) is 6.28. The highest BCUT2D eigenvalue weighted by Gasteiger charge is 2.17. The van der Waals surface area contributed by atoms with Gasteiger partial charge in [-0.25, -0.2) is 0 Å². The highest BCUT2D eigenvalue weighted by Crippen LogP contribution is 2.21. The Morgan fingerprint density at radius 1 is 1.39 bits per heavy atom. The van der Waals surface area contributed by atoms with Crippen LogP contribution in [0.15, 0.2) is 22.7 Å². The minimum atomic E-state index is 0.613. The molecule has 1 atom stereocenters. The van der Waals surface area contributed by atoms with Crippen LogP contribution in [0.2, 0.25) is 5.02 Å². The number of hydrogen-bond acceptors (Lipinski definition) is 2. The van der Waals surface area contributed by atoms with Gasteiger partial charge in [0, 0.05) is 28.6 Å². The lowest BCUT2D eigenvalue weighted by molar-refractivity contribution is 0.251. The maximum absolute atomic E-state index is 6.19. The van der Waals surface area contributed by atoms with Gasteiger partial charge >= 0.3 is 0 Å². The summed E-state index contributed by atoms with van der Waals surface area (Å²) in [4.78, 5) is 2.55. The summed E-state index contributed by atoms with van der Waals surface area (Å²) in [5, 5.41) is 4.32. The predicted octanol–water partition coefficient (Wildman–Crippen LogP) is 3.68. The van der Waals surface area contributed by atoms with Crippen LogP contribution in [0.25, 0.3) is 0 Å². The Hall–Kier alpha value is -0.0900. The molecule has 1 aromatic carbocycles. The molecule has 1 aliphatic heterocycles. The van der Waals surface area contributed by atoms with Gasteiger partial charge in [0.25, 0.3) is 0 Å². The Kier molecular flexibility index (Phi) is 5.49. The van der Waals surface area contributed by atoms with Crippen LogP contribution >= 0.6 is 27.5 Å². The van der Waals surface area contributed by atoms with Crippen LogP contribution in [0.4, 0.5) is 0 Å². The molecule has 0 bridgehead atoms. The lowest BCUT2D eigenvalue weighted by atomic mass is 10.2. The van der Waals surface area contributed by atoms with Gasteiger partial charge in [-0.05, 0) is 50.6 Å². The standard InChI is InChI=1S/C14H20BrClN2/c1-11(18-6-2-3-7-18)9-17-10-12-4-5-13(15)8-14(12)16/h4-5,8,11,17H,2-3,6-7,9-10H2,1H3. The Morgan fingerprint density at radius 2 is 2.11 bits per heavy atom. The zero-order valence-electron chi connectivity index (χ0n) is 10.8. The molecule has 1 N–H and O–H groups in total. The molecule has 0 aliphatic carbocycles. The molecule has 0 aromatic heterocycles. The lowest BCUT2D eigenvalue weighted by Gasteiger charge is -2.24. The van der Waals surface area contributed by atoms with Crippen LogP contribution < -0.4 is 5.32 Å². The topological polar surface area (TPSA) is 15.3 Å². The number of rotatable bonds is 5. The Morgan fingerprint density at radius 3 is 2.78 bits per heavy atom. The molecule has 4 heteroatoms. The van der Waals surface area contributed by atoms with Crippen LogP contribution in [0.5, 0.6) is 0 Å². The lowest BCUT2D eigenvalue weighted by Crippen LogP contribution is -2.38. The molecule has 1 saturated heterocycles. The summed E-state index contributed by atoms with van der Waals surface area (Å²) < 4.78 is 1.03. The van der Waals surface area contributed by atoms with Crippen molar-refractivity contribution in [1.29, 1.82) is 0 Å². The van der Waals surface area contributed by atoms with Gasteiger partial charge in [0.1, 0.15) is 0 Å². The van der Waals surface area contributed by atoms with Crippen molar-refractivity contribution >= 4 is 27.5 Å². The summed E-state index contributed by atoms with van der Waals surface area (Å²) >= 11 is 9.61. The summed E-state index contributed by atoms with van der Waals surface area (Å²) in [7, 11) is 0. The van der Waals surface area contributed by atoms with Crippen molar-refractivity contribution in [1.82, 2.24) is 10.2 Å². The smallest absolute Gasteiger partial charge is 0.0462 e. The molecule has 0 saturated carbocycles. The fourth-order valence-corrected chi connectivity index (χ4v) is 3.13. The zero-order chi connectivity index (χ0) is 13.0. The predicted molar refractivity (Wildman–Crippen MR) is 81.1 cm³/mol. The van der Waals surface area contributed by atoms with Gasteiger partial charge in [0.2, 0.25) is 0 Å². The van der Waals surface area contributed by atoms with Crippen LogP contribution in [0.1, 0.15) is 25.3 Å². The number of nitrogens with one attached hydrogen (secondary N) is 1. The third kappa shape index (κ3) is 3.95. The number of halogens is 2. The first-order chi connectivity index (χ1) is 8.66. The minimum absolute atomic E-state index is 0.613. The first kappa shape index (κ1) is 14.3. The molecular weight excluding hydrogens is 312 g/mol. The van der Waals surface area contributed by atoms with Crippen molar-refractivity contribution in [3.8, 4) is 0 Å². The SMILES string of the molecule is CC(CNCc1ccc(Br)cc1Cl)N1CCCC1. The third-order valence-corrected chi connectivity index (χ3v) is 4.38. The van der Waals surface area contributed by atoms with Gasteiger partial charge in [-0.15, -0.1) is 0 Å². The van der Waals surface area contributed by atoms with E-state index in [0.717, 1.165) is 28.1 Å². The molecule has 0 amide bonds. The molecule has 1 fully saturated rings. The molecule has 1 aromatic rings. The van der Waals surface area contributed by atoms with Crippen molar-refractivity contribution < 1.29 is 0 Å². The van der Waals surface area contributed by atoms with E-state index in [4.69, 9.17) is 11.6 Å². The highest BCUT2D eigenvalue weighted by atomic mass is 79.9. The maximum atomic E-state index is 6.19. The van der Waals surface area contributed by atoms with E-state index in [1.165, 1.54) is 25.9 Å². The molecule has 100 valence electrons. The van der Waals surface area contributed by atoms with E-state index < -0.39 is 0 Å². The summed E-state index contributed by atoms with van der Waals surface area (Å²) in [5.41, 5.74) is 1.16. The molecule has 0 radical (unpaired) electrons. The van der Waals surface area contributed by atoms with Crippen LogP contribution in [-0.2, 0) is 6.54 Å². The van der Waals surface area contributed by atoms with Crippen molar-refractivity contribution in [2.24, 2.45) is 0 Å². The Bertz CT molecular complexity index is 391. The quantitative estimate of drug-likeness (QED) is 0.885. The number of nitrogens with zero attached hydrogens (tertiary/aromatic N) is 1. The van der Waals surface area contributed by atoms with Crippen LogP contribution in [-0.4, -0.2) is 30.6 Å². The van der Waals surface area contributed by atoms with Gasteiger partial charge in [-0.3, -0.25) is 4.90 Å². The molecular formula is C14H20BrClN2. The van der Waals surface area contributed by atoms with E-state index in [-0.39, 0.29) is 0 Å². The van der Waals surface area contributed by atoms with Crippen LogP contribution in [0.3, 0.4) is 0 Å². The van der Waals surface area contributed by atoms with Gasteiger partial charge in [0.15, 0.2) is 0 Å². The molecule has 18 heavy (non-hydrogen) atoms. The van der Waals surface area contributed by atoms with Gasteiger partial charge in [-0.2, -0.15) is 0 Å². The van der Waals surface area contributed by atoms with Crippen molar-refractivity contribution in [2.45, 2.75) is 32.4 Å².